The molecule has 0 N–H and O–H groups in total. The van der Waals surface area contributed by atoms with Crippen molar-refractivity contribution in [1.29, 1.82) is 0 Å². The summed E-state index contributed by atoms with van der Waals surface area (Å²) in [5.41, 5.74) is 1.64. The number of halogens is 2. The van der Waals surface area contributed by atoms with Crippen LogP contribution in [0.2, 0.25) is 10.0 Å². The van der Waals surface area contributed by atoms with Gasteiger partial charge in [-0.15, -0.1) is 0 Å². The Hall–Kier alpha value is -1.90. The zero-order chi connectivity index (χ0) is 14.1. The number of hydrogen-bond acceptors (Lipinski definition) is 2. The van der Waals surface area contributed by atoms with Gasteiger partial charge in [-0.3, -0.25) is 9.78 Å². The van der Waals surface area contributed by atoms with Crippen molar-refractivity contribution < 1.29 is 4.79 Å². The van der Waals surface area contributed by atoms with E-state index in [9.17, 15) is 4.79 Å². The summed E-state index contributed by atoms with van der Waals surface area (Å²) >= 11 is 12.2. The van der Waals surface area contributed by atoms with Crippen LogP contribution in [0.3, 0.4) is 0 Å². The average molecular weight is 302 g/mol. The summed E-state index contributed by atoms with van der Waals surface area (Å²) in [7, 11) is 0. The molecule has 0 atom stereocenters. The Bertz CT molecular complexity index is 789. The van der Waals surface area contributed by atoms with E-state index < -0.39 is 0 Å². The molecule has 0 spiro atoms. The molecule has 3 rings (SSSR count). The number of ketones is 1. The second-order valence-corrected chi connectivity index (χ2v) is 5.12. The van der Waals surface area contributed by atoms with Crippen LogP contribution in [0, 0.1) is 0 Å². The number of rotatable bonds is 2. The van der Waals surface area contributed by atoms with Gasteiger partial charge >= 0.3 is 0 Å². The molecule has 0 amide bonds. The highest BCUT2D eigenvalue weighted by Gasteiger charge is 2.18. The summed E-state index contributed by atoms with van der Waals surface area (Å²) in [6.07, 6.45) is 1.69. The van der Waals surface area contributed by atoms with Crippen molar-refractivity contribution in [3.63, 3.8) is 0 Å². The van der Waals surface area contributed by atoms with Gasteiger partial charge in [-0.2, -0.15) is 0 Å². The molecule has 0 aliphatic carbocycles. The molecule has 0 aliphatic heterocycles. The molecule has 0 unspecified atom stereocenters. The van der Waals surface area contributed by atoms with Crippen LogP contribution in [0.15, 0.2) is 54.7 Å². The number of nitrogens with zero attached hydrogens (tertiary/aromatic N) is 1. The second kappa shape index (κ2) is 5.23. The fourth-order valence-corrected chi connectivity index (χ4v) is 2.72. The topological polar surface area (TPSA) is 30.0 Å². The van der Waals surface area contributed by atoms with Gasteiger partial charge in [0.25, 0.3) is 0 Å². The summed E-state index contributed by atoms with van der Waals surface area (Å²) in [5.74, 6) is -0.195. The maximum Gasteiger partial charge on any atom is 0.196 e. The molecule has 0 fully saturated rings. The molecular weight excluding hydrogens is 293 g/mol. The van der Waals surface area contributed by atoms with Gasteiger partial charge in [0.1, 0.15) is 0 Å². The molecule has 1 heterocycles. The van der Waals surface area contributed by atoms with Crippen LogP contribution in [0.5, 0.6) is 0 Å². The number of pyridine rings is 1. The van der Waals surface area contributed by atoms with E-state index in [0.29, 0.717) is 21.2 Å². The normalized spacial score (nSPS) is 10.7. The van der Waals surface area contributed by atoms with Crippen LogP contribution in [-0.2, 0) is 0 Å². The van der Waals surface area contributed by atoms with Crippen LogP contribution in [0.1, 0.15) is 15.9 Å². The number of hydrogen-bond donors (Lipinski definition) is 0. The van der Waals surface area contributed by atoms with E-state index in [4.69, 9.17) is 23.2 Å². The summed E-state index contributed by atoms with van der Waals surface area (Å²) in [6.45, 7) is 0. The van der Waals surface area contributed by atoms with Gasteiger partial charge in [0, 0.05) is 17.1 Å². The minimum atomic E-state index is -0.195. The van der Waals surface area contributed by atoms with Gasteiger partial charge < -0.3 is 0 Å². The minimum Gasteiger partial charge on any atom is -0.288 e. The fourth-order valence-electron chi connectivity index (χ4n) is 2.15. The quantitative estimate of drug-likeness (QED) is 0.638. The SMILES string of the molecule is O=C(c1c(Cl)cccc1Cl)c1cccc2ncccc12. The number of fused-ring (bicyclic) bond motifs is 1. The van der Waals surface area contributed by atoms with Crippen molar-refractivity contribution in [2.24, 2.45) is 0 Å². The van der Waals surface area contributed by atoms with Crippen molar-refractivity contribution in [2.45, 2.75) is 0 Å². The smallest absolute Gasteiger partial charge is 0.196 e. The van der Waals surface area contributed by atoms with Crippen molar-refractivity contribution in [2.75, 3.05) is 0 Å². The maximum atomic E-state index is 12.7. The Morgan fingerprint density at radius 3 is 2.35 bits per heavy atom. The van der Waals surface area contributed by atoms with E-state index in [2.05, 4.69) is 4.98 Å². The zero-order valence-electron chi connectivity index (χ0n) is 10.3. The fraction of sp³-hybridized carbons (Fsp3) is 0. The van der Waals surface area contributed by atoms with E-state index in [1.807, 2.05) is 12.1 Å². The summed E-state index contributed by atoms with van der Waals surface area (Å²) < 4.78 is 0. The molecule has 0 radical (unpaired) electrons. The third-order valence-electron chi connectivity index (χ3n) is 3.08. The summed E-state index contributed by atoms with van der Waals surface area (Å²) in [4.78, 5) is 16.9. The van der Waals surface area contributed by atoms with Gasteiger partial charge in [-0.1, -0.05) is 47.5 Å². The number of carbonyl (C=O) groups is 1. The van der Waals surface area contributed by atoms with E-state index in [0.717, 1.165) is 10.9 Å². The van der Waals surface area contributed by atoms with Gasteiger partial charge in [0.15, 0.2) is 5.78 Å². The standard InChI is InChI=1S/C16H9Cl2NO/c17-12-6-2-7-13(18)15(12)16(20)11-4-1-8-14-10(11)5-3-9-19-14/h1-9H. The summed E-state index contributed by atoms with van der Waals surface area (Å²) in [6, 6.07) is 14.1. The number of carbonyl (C=O) groups excluding carboxylic acids is 1. The van der Waals surface area contributed by atoms with Crippen LogP contribution >= 0.6 is 23.2 Å². The first-order valence-electron chi connectivity index (χ1n) is 6.01. The molecule has 0 saturated carbocycles. The summed E-state index contributed by atoms with van der Waals surface area (Å²) in [5, 5.41) is 1.49. The lowest BCUT2D eigenvalue weighted by atomic mass is 9.99. The van der Waals surface area contributed by atoms with E-state index >= 15 is 0 Å². The number of aromatic nitrogens is 1. The third-order valence-corrected chi connectivity index (χ3v) is 3.71. The molecule has 3 aromatic rings. The highest BCUT2D eigenvalue weighted by molar-refractivity contribution is 6.41. The average Bonchev–Trinajstić information content (AvgIpc) is 2.46. The van der Waals surface area contributed by atoms with Crippen LogP contribution < -0.4 is 0 Å². The van der Waals surface area contributed by atoms with Gasteiger partial charge in [-0.25, -0.2) is 0 Å². The van der Waals surface area contributed by atoms with Gasteiger partial charge in [0.2, 0.25) is 0 Å². The Labute approximate surface area is 126 Å². The molecule has 20 heavy (non-hydrogen) atoms. The monoisotopic (exact) mass is 301 g/mol. The van der Waals surface area contributed by atoms with E-state index in [1.165, 1.54) is 0 Å². The lowest BCUT2D eigenvalue weighted by molar-refractivity contribution is 0.104. The largest absolute Gasteiger partial charge is 0.288 e. The van der Waals surface area contributed by atoms with Crippen LogP contribution in [-0.4, -0.2) is 10.8 Å². The Morgan fingerprint density at radius 1 is 0.900 bits per heavy atom. The Morgan fingerprint density at radius 2 is 1.60 bits per heavy atom. The van der Waals surface area contributed by atoms with Crippen LogP contribution in [0.4, 0.5) is 0 Å². The highest BCUT2D eigenvalue weighted by atomic mass is 35.5. The minimum absolute atomic E-state index is 0.195. The molecule has 0 aliphatic rings. The van der Waals surface area contributed by atoms with Gasteiger partial charge in [0.05, 0.1) is 21.1 Å². The van der Waals surface area contributed by atoms with Crippen molar-refractivity contribution in [3.8, 4) is 0 Å². The number of benzene rings is 2. The molecule has 0 bridgehead atoms. The molecule has 0 saturated heterocycles. The van der Waals surface area contributed by atoms with Gasteiger partial charge in [-0.05, 0) is 24.3 Å². The maximum absolute atomic E-state index is 12.7. The van der Waals surface area contributed by atoms with E-state index in [1.54, 1.807) is 42.6 Å². The molecule has 1 aromatic heterocycles. The van der Waals surface area contributed by atoms with Crippen molar-refractivity contribution in [1.82, 2.24) is 4.98 Å². The molecule has 98 valence electrons. The predicted molar refractivity (Wildman–Crippen MR) is 81.6 cm³/mol. The van der Waals surface area contributed by atoms with Crippen molar-refractivity contribution >= 4 is 39.9 Å². The lowest BCUT2D eigenvalue weighted by Crippen LogP contribution is -2.04. The molecule has 4 heteroatoms. The molecular formula is C16H9Cl2NO. The predicted octanol–water partition coefficient (Wildman–Crippen LogP) is 4.77. The first-order chi connectivity index (χ1) is 9.68. The first-order valence-corrected chi connectivity index (χ1v) is 6.76. The molecule has 2 nitrogen and oxygen atoms in total. The van der Waals surface area contributed by atoms with E-state index in [-0.39, 0.29) is 5.78 Å². The van der Waals surface area contributed by atoms with Crippen molar-refractivity contribution in [3.05, 3.63) is 75.9 Å². The zero-order valence-corrected chi connectivity index (χ0v) is 11.8. The van der Waals surface area contributed by atoms with Crippen LogP contribution in [0.25, 0.3) is 10.9 Å². The first kappa shape index (κ1) is 13.1. The highest BCUT2D eigenvalue weighted by Crippen LogP contribution is 2.29. The Balaban J connectivity index is 2.24. The third kappa shape index (κ3) is 2.17. The second-order valence-electron chi connectivity index (χ2n) is 4.30. The Kier molecular flexibility index (Phi) is 3.43. The lowest BCUT2D eigenvalue weighted by Gasteiger charge is -2.08. The molecule has 2 aromatic carbocycles.